The van der Waals surface area contributed by atoms with Crippen molar-refractivity contribution in [2.24, 2.45) is 9.98 Å². The largest absolute Gasteiger partial charge is 0.388 e. The molecule has 5 nitrogen and oxygen atoms in total. The molecule has 2 rings (SSSR count). The molecular formula is C16H25N3O2. The lowest BCUT2D eigenvalue weighted by Gasteiger charge is -2.22. The highest BCUT2D eigenvalue weighted by molar-refractivity contribution is 6.30. The molecule has 2 aliphatic rings. The molecule has 0 saturated carbocycles. The molecule has 5 heteroatoms. The predicted molar refractivity (Wildman–Crippen MR) is 84.7 cm³/mol. The van der Waals surface area contributed by atoms with E-state index in [9.17, 15) is 10.2 Å². The van der Waals surface area contributed by atoms with Gasteiger partial charge in [0.05, 0.1) is 40.3 Å². The van der Waals surface area contributed by atoms with Gasteiger partial charge in [-0.1, -0.05) is 0 Å². The Bertz CT molecular complexity index is 487. The first kappa shape index (κ1) is 16.1. The van der Waals surface area contributed by atoms with Crippen LogP contribution in [0.1, 0.15) is 53.4 Å². The monoisotopic (exact) mass is 291 g/mol. The Morgan fingerprint density at radius 2 is 1.38 bits per heavy atom. The van der Waals surface area contributed by atoms with Crippen LogP contribution in [0.3, 0.4) is 0 Å². The summed E-state index contributed by atoms with van der Waals surface area (Å²) in [7, 11) is 0. The third-order valence-corrected chi connectivity index (χ3v) is 4.27. The van der Waals surface area contributed by atoms with Crippen molar-refractivity contribution in [2.45, 2.75) is 76.7 Å². The third-order valence-electron chi connectivity index (χ3n) is 4.27. The van der Waals surface area contributed by atoms with Crippen molar-refractivity contribution in [1.82, 2.24) is 0 Å². The fraction of sp³-hybridized carbons (Fsp3) is 0.750. The number of aliphatic hydroxyl groups is 2. The van der Waals surface area contributed by atoms with Crippen molar-refractivity contribution < 1.29 is 10.2 Å². The number of aliphatic imine (C=N–C) groups is 2. The van der Waals surface area contributed by atoms with Gasteiger partial charge in [0.2, 0.25) is 0 Å². The quantitative estimate of drug-likeness (QED) is 0.691. The summed E-state index contributed by atoms with van der Waals surface area (Å²) in [4.78, 5) is 9.13. The zero-order chi connectivity index (χ0) is 15.8. The van der Waals surface area contributed by atoms with Crippen LogP contribution in [0.15, 0.2) is 15.6 Å². The van der Waals surface area contributed by atoms with Gasteiger partial charge in [-0.2, -0.15) is 0 Å². The van der Waals surface area contributed by atoms with E-state index in [1.54, 1.807) is 27.7 Å². The van der Waals surface area contributed by atoms with Gasteiger partial charge >= 0.3 is 0 Å². The maximum Gasteiger partial charge on any atom is 0.0814 e. The smallest absolute Gasteiger partial charge is 0.0814 e. The molecule has 0 aromatic carbocycles. The second kappa shape index (κ2) is 5.48. The fourth-order valence-corrected chi connectivity index (χ4v) is 2.89. The Kier molecular flexibility index (Phi) is 4.20. The Labute approximate surface area is 126 Å². The average Bonchev–Trinajstić information content (AvgIpc) is 2.96. The molecule has 0 radical (unpaired) electrons. The average molecular weight is 291 g/mol. The van der Waals surface area contributed by atoms with Crippen LogP contribution >= 0.6 is 0 Å². The van der Waals surface area contributed by atoms with E-state index in [0.29, 0.717) is 5.57 Å². The molecular weight excluding hydrogens is 266 g/mol. The summed E-state index contributed by atoms with van der Waals surface area (Å²) in [5, 5.41) is 27.7. The summed E-state index contributed by atoms with van der Waals surface area (Å²) >= 11 is 0. The van der Waals surface area contributed by atoms with Crippen molar-refractivity contribution in [3.8, 4) is 0 Å². The number of hydrogen-bond donors (Lipinski definition) is 3. The van der Waals surface area contributed by atoms with E-state index in [4.69, 9.17) is 5.41 Å². The van der Waals surface area contributed by atoms with Crippen molar-refractivity contribution in [3.05, 3.63) is 5.57 Å². The molecule has 116 valence electrons. The molecule has 0 amide bonds. The van der Waals surface area contributed by atoms with Gasteiger partial charge in [0, 0.05) is 0 Å². The van der Waals surface area contributed by atoms with Crippen molar-refractivity contribution in [1.29, 1.82) is 5.41 Å². The topological polar surface area (TPSA) is 89.0 Å². The molecule has 0 spiro atoms. The highest BCUT2D eigenvalue weighted by Crippen LogP contribution is 2.30. The first-order chi connectivity index (χ1) is 9.63. The molecule has 0 unspecified atom stereocenters. The van der Waals surface area contributed by atoms with Gasteiger partial charge in [-0.3, -0.25) is 15.4 Å². The number of nitrogens with zero attached hydrogens (tertiary/aromatic N) is 2. The van der Waals surface area contributed by atoms with Gasteiger partial charge in [-0.05, 0) is 59.2 Å². The van der Waals surface area contributed by atoms with Gasteiger partial charge in [0.25, 0.3) is 0 Å². The molecule has 0 aliphatic carbocycles. The Balaban J connectivity index is 2.22. The van der Waals surface area contributed by atoms with Gasteiger partial charge < -0.3 is 10.2 Å². The predicted octanol–water partition coefficient (Wildman–Crippen LogP) is 1.91. The summed E-state index contributed by atoms with van der Waals surface area (Å²) in [6.07, 6.45) is 3.04. The number of rotatable bonds is 4. The number of hydrogen-bond acceptors (Lipinski definition) is 5. The summed E-state index contributed by atoms with van der Waals surface area (Å²) in [6.45, 7) is 7.04. The number of nitrogens with one attached hydrogen (secondary N) is 1. The van der Waals surface area contributed by atoms with Gasteiger partial charge in [0.15, 0.2) is 0 Å². The standard InChI is InChI=1S/C16H25N3O2/c1-15(2,20)13-7-5-11(18-13)10(9-17)12-6-8-14(19-12)16(3,4)21/h13-14,17,20-21H,5-8H2,1-4H3/t13-,14-/m0/s1. The first-order valence-electron chi connectivity index (χ1n) is 7.51. The van der Waals surface area contributed by atoms with Crippen LogP contribution in [-0.2, 0) is 0 Å². The molecule has 0 fully saturated rings. The molecule has 2 atom stereocenters. The summed E-state index contributed by atoms with van der Waals surface area (Å²) in [5.74, 6) is 2.47. The molecule has 21 heavy (non-hydrogen) atoms. The third kappa shape index (κ3) is 3.49. The molecule has 0 bridgehead atoms. The lowest BCUT2D eigenvalue weighted by molar-refractivity contribution is 0.0531. The van der Waals surface area contributed by atoms with Gasteiger partial charge in [-0.15, -0.1) is 0 Å². The van der Waals surface area contributed by atoms with E-state index < -0.39 is 11.2 Å². The summed E-state index contributed by atoms with van der Waals surface area (Å²) in [5.41, 5.74) is 0.581. The van der Waals surface area contributed by atoms with Crippen LogP contribution in [0.4, 0.5) is 0 Å². The zero-order valence-electron chi connectivity index (χ0n) is 13.3. The SMILES string of the molecule is CC(C)(O)[C@@H]1CCC(C(=C=N)C2=N[C@H](C(C)(C)O)CC2)=N1. The maximum atomic E-state index is 10.1. The second-order valence-corrected chi connectivity index (χ2v) is 7.07. The van der Waals surface area contributed by atoms with Crippen LogP contribution in [0.5, 0.6) is 0 Å². The number of allylic oxidation sites excluding steroid dienone is 1. The maximum absolute atomic E-state index is 10.1. The highest BCUT2D eigenvalue weighted by Gasteiger charge is 2.35. The van der Waals surface area contributed by atoms with Crippen LogP contribution in [0.25, 0.3) is 0 Å². The van der Waals surface area contributed by atoms with E-state index in [-0.39, 0.29) is 12.1 Å². The van der Waals surface area contributed by atoms with Crippen LogP contribution in [0.2, 0.25) is 0 Å². The van der Waals surface area contributed by atoms with Gasteiger partial charge in [0.1, 0.15) is 0 Å². The van der Waals surface area contributed by atoms with Crippen LogP contribution in [0, 0.1) is 5.41 Å². The normalized spacial score (nSPS) is 26.4. The minimum Gasteiger partial charge on any atom is -0.388 e. The Morgan fingerprint density at radius 1 is 1.00 bits per heavy atom. The van der Waals surface area contributed by atoms with E-state index in [1.165, 1.54) is 0 Å². The van der Waals surface area contributed by atoms with Crippen molar-refractivity contribution in [3.63, 3.8) is 0 Å². The minimum atomic E-state index is -0.845. The highest BCUT2D eigenvalue weighted by atomic mass is 16.3. The minimum absolute atomic E-state index is 0.136. The molecule has 2 aliphatic heterocycles. The lowest BCUT2D eigenvalue weighted by Crippen LogP contribution is -2.32. The lowest BCUT2D eigenvalue weighted by atomic mass is 9.95. The van der Waals surface area contributed by atoms with Crippen LogP contribution in [-0.4, -0.2) is 50.8 Å². The van der Waals surface area contributed by atoms with E-state index in [1.807, 2.05) is 0 Å². The first-order valence-corrected chi connectivity index (χ1v) is 7.51. The Morgan fingerprint density at radius 3 is 1.62 bits per heavy atom. The molecule has 0 saturated heterocycles. The Hall–Kier alpha value is -1.29. The fourth-order valence-electron chi connectivity index (χ4n) is 2.89. The molecule has 0 aromatic heterocycles. The second-order valence-electron chi connectivity index (χ2n) is 7.07. The van der Waals surface area contributed by atoms with E-state index >= 15 is 0 Å². The van der Waals surface area contributed by atoms with Gasteiger partial charge in [-0.25, -0.2) is 0 Å². The molecule has 2 heterocycles. The zero-order valence-corrected chi connectivity index (χ0v) is 13.3. The van der Waals surface area contributed by atoms with Crippen molar-refractivity contribution >= 4 is 17.3 Å². The summed E-state index contributed by atoms with van der Waals surface area (Å²) in [6, 6.07) is -0.272. The molecule has 3 N–H and O–H groups in total. The van der Waals surface area contributed by atoms with Crippen LogP contribution < -0.4 is 0 Å². The molecule has 0 aromatic rings. The summed E-state index contributed by atoms with van der Waals surface area (Å²) < 4.78 is 0. The van der Waals surface area contributed by atoms with E-state index in [2.05, 4.69) is 15.9 Å². The van der Waals surface area contributed by atoms with Crippen molar-refractivity contribution in [2.75, 3.05) is 0 Å². The van der Waals surface area contributed by atoms with E-state index in [0.717, 1.165) is 37.1 Å².